The summed E-state index contributed by atoms with van der Waals surface area (Å²) >= 11 is 0. The Balaban J connectivity index is 2.14. The minimum Gasteiger partial charge on any atom is -0.481 e. The number of hydrogen-bond donors (Lipinski definition) is 3. The van der Waals surface area contributed by atoms with E-state index in [4.69, 9.17) is 9.84 Å². The molecule has 1 aliphatic heterocycles. The van der Waals surface area contributed by atoms with Crippen LogP contribution in [0.5, 0.6) is 5.75 Å². The van der Waals surface area contributed by atoms with Crippen molar-refractivity contribution in [3.05, 3.63) is 18.2 Å². The monoisotopic (exact) mass is 314 g/mol. The molecule has 1 atom stereocenters. The number of nitrogens with one attached hydrogen (secondary N) is 2. The standard InChI is InChI=1S/C12H14N2O6S/c1-7-12(17)13-9-6-8(2-3-10(9)20-7)14-21(18,19)5-4-11(15)16/h2-3,6-7,14H,4-5H2,1H3,(H,13,17)(H,15,16). The normalized spacial score (nSPS) is 17.4. The first-order valence-corrected chi connectivity index (χ1v) is 7.76. The number of carboxylic acid groups (broad SMARTS) is 1. The van der Waals surface area contributed by atoms with Crippen LogP contribution in [0.15, 0.2) is 18.2 Å². The maximum Gasteiger partial charge on any atom is 0.304 e. The number of anilines is 2. The van der Waals surface area contributed by atoms with Crippen molar-refractivity contribution in [3.63, 3.8) is 0 Å². The van der Waals surface area contributed by atoms with Gasteiger partial charge in [-0.1, -0.05) is 0 Å². The third-order valence-corrected chi connectivity index (χ3v) is 4.06. The SMILES string of the molecule is CC1Oc2ccc(NS(=O)(=O)CCC(=O)O)cc2NC1=O. The van der Waals surface area contributed by atoms with Crippen LogP contribution in [0.3, 0.4) is 0 Å². The maximum atomic E-state index is 11.7. The van der Waals surface area contributed by atoms with Gasteiger partial charge < -0.3 is 15.2 Å². The molecule has 2 rings (SSSR count). The molecule has 8 nitrogen and oxygen atoms in total. The minimum absolute atomic E-state index is 0.220. The number of carbonyl (C=O) groups excluding carboxylic acids is 1. The van der Waals surface area contributed by atoms with Crippen LogP contribution in [-0.4, -0.2) is 37.3 Å². The highest BCUT2D eigenvalue weighted by Crippen LogP contribution is 2.32. The molecule has 0 aromatic heterocycles. The zero-order valence-electron chi connectivity index (χ0n) is 11.1. The van der Waals surface area contributed by atoms with Crippen molar-refractivity contribution in [2.24, 2.45) is 0 Å². The van der Waals surface area contributed by atoms with Crippen LogP contribution in [0, 0.1) is 0 Å². The first-order chi connectivity index (χ1) is 9.77. The molecule has 0 aliphatic carbocycles. The molecule has 21 heavy (non-hydrogen) atoms. The Labute approximate surface area is 121 Å². The lowest BCUT2D eigenvalue weighted by Crippen LogP contribution is -2.34. The van der Waals surface area contributed by atoms with Crippen molar-refractivity contribution in [1.29, 1.82) is 0 Å². The van der Waals surface area contributed by atoms with Crippen LogP contribution < -0.4 is 14.8 Å². The second kappa shape index (κ2) is 5.60. The van der Waals surface area contributed by atoms with Crippen molar-refractivity contribution in [2.45, 2.75) is 19.4 Å². The smallest absolute Gasteiger partial charge is 0.304 e. The van der Waals surface area contributed by atoms with Gasteiger partial charge in [0.1, 0.15) is 5.75 Å². The molecule has 3 N–H and O–H groups in total. The lowest BCUT2D eigenvalue weighted by Gasteiger charge is -2.23. The summed E-state index contributed by atoms with van der Waals surface area (Å²) in [6.07, 6.45) is -1.10. The lowest BCUT2D eigenvalue weighted by molar-refractivity contribution is -0.136. The Morgan fingerprint density at radius 2 is 2.19 bits per heavy atom. The van der Waals surface area contributed by atoms with Gasteiger partial charge in [-0.2, -0.15) is 0 Å². The summed E-state index contributed by atoms with van der Waals surface area (Å²) in [7, 11) is -3.76. The van der Waals surface area contributed by atoms with Crippen molar-refractivity contribution < 1.29 is 27.9 Å². The number of hydrogen-bond acceptors (Lipinski definition) is 5. The van der Waals surface area contributed by atoms with Crippen LogP contribution >= 0.6 is 0 Å². The number of carboxylic acids is 1. The van der Waals surface area contributed by atoms with E-state index in [9.17, 15) is 18.0 Å². The van der Waals surface area contributed by atoms with Gasteiger partial charge in [0.2, 0.25) is 10.0 Å². The van der Waals surface area contributed by atoms with Gasteiger partial charge >= 0.3 is 5.97 Å². The summed E-state index contributed by atoms with van der Waals surface area (Å²) in [5.74, 6) is -1.61. The highest BCUT2D eigenvalue weighted by atomic mass is 32.2. The Kier molecular flexibility index (Phi) is 4.03. The van der Waals surface area contributed by atoms with E-state index in [-0.39, 0.29) is 11.6 Å². The van der Waals surface area contributed by atoms with Gasteiger partial charge in [-0.25, -0.2) is 8.42 Å². The first-order valence-electron chi connectivity index (χ1n) is 6.11. The average Bonchev–Trinajstić information content (AvgIpc) is 2.38. The second-order valence-electron chi connectivity index (χ2n) is 4.52. The van der Waals surface area contributed by atoms with E-state index in [1.165, 1.54) is 18.2 Å². The zero-order valence-corrected chi connectivity index (χ0v) is 11.9. The minimum atomic E-state index is -3.76. The van der Waals surface area contributed by atoms with Gasteiger partial charge in [0.15, 0.2) is 6.10 Å². The Morgan fingerprint density at radius 3 is 2.86 bits per heavy atom. The Hall–Kier alpha value is -2.29. The number of benzene rings is 1. The molecule has 1 aromatic carbocycles. The molecular formula is C12H14N2O6S. The molecule has 1 unspecified atom stereocenters. The summed E-state index contributed by atoms with van der Waals surface area (Å²) < 4.78 is 31.0. The van der Waals surface area contributed by atoms with Crippen LogP contribution in [0.1, 0.15) is 13.3 Å². The molecule has 1 amide bonds. The van der Waals surface area contributed by atoms with Gasteiger partial charge in [-0.3, -0.25) is 14.3 Å². The van der Waals surface area contributed by atoms with Crippen molar-refractivity contribution in [2.75, 3.05) is 15.8 Å². The molecule has 1 aromatic rings. The largest absolute Gasteiger partial charge is 0.481 e. The summed E-state index contributed by atoms with van der Waals surface area (Å²) in [5.41, 5.74) is 0.578. The predicted molar refractivity (Wildman–Crippen MR) is 74.8 cm³/mol. The summed E-state index contributed by atoms with van der Waals surface area (Å²) in [6.45, 7) is 1.60. The maximum absolute atomic E-state index is 11.7. The number of rotatable bonds is 5. The fraction of sp³-hybridized carbons (Fsp3) is 0.333. The number of aliphatic carboxylic acids is 1. The Morgan fingerprint density at radius 1 is 1.48 bits per heavy atom. The van der Waals surface area contributed by atoms with Crippen molar-refractivity contribution >= 4 is 33.3 Å². The number of sulfonamides is 1. The fourth-order valence-electron chi connectivity index (χ4n) is 1.72. The van der Waals surface area contributed by atoms with E-state index in [0.717, 1.165) is 0 Å². The first kappa shape index (κ1) is 15.1. The van der Waals surface area contributed by atoms with E-state index in [0.29, 0.717) is 11.4 Å². The third-order valence-electron chi connectivity index (χ3n) is 2.77. The second-order valence-corrected chi connectivity index (χ2v) is 6.37. The average molecular weight is 314 g/mol. The van der Waals surface area contributed by atoms with E-state index in [1.54, 1.807) is 6.92 Å². The fourth-order valence-corrected chi connectivity index (χ4v) is 2.76. The summed E-state index contributed by atoms with van der Waals surface area (Å²) in [4.78, 5) is 21.9. The van der Waals surface area contributed by atoms with E-state index < -0.39 is 34.3 Å². The molecule has 0 radical (unpaired) electrons. The molecular weight excluding hydrogens is 300 g/mol. The van der Waals surface area contributed by atoms with E-state index >= 15 is 0 Å². The van der Waals surface area contributed by atoms with E-state index in [2.05, 4.69) is 10.0 Å². The number of fused-ring (bicyclic) bond motifs is 1. The predicted octanol–water partition coefficient (Wildman–Crippen LogP) is 0.622. The van der Waals surface area contributed by atoms with Crippen LogP contribution in [0.25, 0.3) is 0 Å². The topological polar surface area (TPSA) is 122 Å². The molecule has 9 heteroatoms. The number of carbonyl (C=O) groups is 2. The number of amides is 1. The molecule has 0 saturated carbocycles. The van der Waals surface area contributed by atoms with Gasteiger partial charge in [0.05, 0.1) is 23.5 Å². The third kappa shape index (κ3) is 3.85. The zero-order chi connectivity index (χ0) is 15.6. The molecule has 1 heterocycles. The highest BCUT2D eigenvalue weighted by molar-refractivity contribution is 7.92. The molecule has 0 fully saturated rings. The summed E-state index contributed by atoms with van der Waals surface area (Å²) in [5, 5.41) is 11.1. The highest BCUT2D eigenvalue weighted by Gasteiger charge is 2.24. The van der Waals surface area contributed by atoms with Crippen LogP contribution in [0.2, 0.25) is 0 Å². The molecule has 1 aliphatic rings. The van der Waals surface area contributed by atoms with Gasteiger partial charge in [-0.05, 0) is 25.1 Å². The van der Waals surface area contributed by atoms with Gasteiger partial charge in [-0.15, -0.1) is 0 Å². The molecule has 114 valence electrons. The Bertz CT molecular complexity index is 685. The van der Waals surface area contributed by atoms with Gasteiger partial charge in [0.25, 0.3) is 5.91 Å². The van der Waals surface area contributed by atoms with Crippen molar-refractivity contribution in [1.82, 2.24) is 0 Å². The van der Waals surface area contributed by atoms with Gasteiger partial charge in [0, 0.05) is 0 Å². The molecule has 0 saturated heterocycles. The van der Waals surface area contributed by atoms with Crippen LogP contribution in [0.4, 0.5) is 11.4 Å². The molecule has 0 bridgehead atoms. The number of ether oxygens (including phenoxy) is 1. The van der Waals surface area contributed by atoms with Crippen LogP contribution in [-0.2, 0) is 19.6 Å². The quantitative estimate of drug-likeness (QED) is 0.732. The summed E-state index contributed by atoms with van der Waals surface area (Å²) in [6, 6.07) is 4.42. The molecule has 0 spiro atoms. The van der Waals surface area contributed by atoms with E-state index in [1.807, 2.05) is 0 Å². The van der Waals surface area contributed by atoms with Crippen molar-refractivity contribution in [3.8, 4) is 5.75 Å². The lowest BCUT2D eigenvalue weighted by atomic mass is 10.2.